The molecule has 0 amide bonds. The Morgan fingerprint density at radius 2 is 2.10 bits per heavy atom. The Kier molecular flexibility index (Phi) is 10.6. The van der Waals surface area contributed by atoms with Crippen molar-refractivity contribution in [3.63, 3.8) is 0 Å². The molecular formula is C7H14S3. The molecule has 0 N–H and O–H groups in total. The lowest BCUT2D eigenvalue weighted by Crippen LogP contribution is -1.64. The molecule has 0 aliphatic carbocycles. The van der Waals surface area contributed by atoms with Crippen LogP contribution >= 0.6 is 33.3 Å². The van der Waals surface area contributed by atoms with Crippen molar-refractivity contribution in [2.45, 2.75) is 13.8 Å². The van der Waals surface area contributed by atoms with Crippen LogP contribution in [0.15, 0.2) is 11.5 Å². The second kappa shape index (κ2) is 9.79. The fourth-order valence-electron chi connectivity index (χ4n) is 0.401. The average Bonchev–Trinajstić information content (AvgIpc) is 2.44. The number of thioether (sulfide) groups is 1. The lowest BCUT2D eigenvalue weighted by atomic mass is 10.8. The van der Waals surface area contributed by atoms with Crippen LogP contribution < -0.4 is 0 Å². The van der Waals surface area contributed by atoms with Crippen molar-refractivity contribution in [3.8, 4) is 0 Å². The molecule has 1 rings (SSSR count). The highest BCUT2D eigenvalue weighted by molar-refractivity contribution is 8.78. The first-order chi connectivity index (χ1) is 4.91. The minimum Gasteiger partial charge on any atom is -0.163 e. The van der Waals surface area contributed by atoms with E-state index in [9.17, 15) is 0 Å². The van der Waals surface area contributed by atoms with Crippen molar-refractivity contribution in [3.05, 3.63) is 11.5 Å². The van der Waals surface area contributed by atoms with Crippen molar-refractivity contribution in [2.75, 3.05) is 17.3 Å². The molecule has 0 spiro atoms. The number of hydrogen-bond acceptors (Lipinski definition) is 3. The zero-order chi connectivity index (χ0) is 7.66. The SMILES string of the molecule is C1=CSSC1.CCSCC. The van der Waals surface area contributed by atoms with E-state index in [-0.39, 0.29) is 0 Å². The van der Waals surface area contributed by atoms with Gasteiger partial charge in [-0.15, -0.1) is 0 Å². The highest BCUT2D eigenvalue weighted by atomic mass is 33.1. The molecule has 0 nitrogen and oxygen atoms in total. The standard InChI is InChI=1S/C4H10S.C3H4S2/c1-3-5-4-2;1-2-4-5-3-1/h3-4H2,1-2H3;1-2H,3H2. The zero-order valence-electron chi connectivity index (χ0n) is 6.50. The van der Waals surface area contributed by atoms with Gasteiger partial charge in [-0.1, -0.05) is 41.5 Å². The van der Waals surface area contributed by atoms with Gasteiger partial charge < -0.3 is 0 Å². The van der Waals surface area contributed by atoms with Gasteiger partial charge in [0.25, 0.3) is 0 Å². The summed E-state index contributed by atoms with van der Waals surface area (Å²) >= 11 is 1.96. The highest BCUT2D eigenvalue weighted by Gasteiger charge is 1.85. The van der Waals surface area contributed by atoms with Crippen molar-refractivity contribution < 1.29 is 0 Å². The minimum atomic E-state index is 1.20. The Morgan fingerprint density at radius 3 is 2.20 bits per heavy atom. The molecule has 1 aliphatic rings. The molecule has 0 bridgehead atoms. The van der Waals surface area contributed by atoms with Gasteiger partial charge in [-0.05, 0) is 16.9 Å². The van der Waals surface area contributed by atoms with Crippen LogP contribution in [-0.4, -0.2) is 17.3 Å². The van der Waals surface area contributed by atoms with E-state index >= 15 is 0 Å². The zero-order valence-corrected chi connectivity index (χ0v) is 8.95. The molecule has 0 aromatic carbocycles. The van der Waals surface area contributed by atoms with Crippen LogP contribution in [0.25, 0.3) is 0 Å². The third-order valence-electron chi connectivity index (χ3n) is 0.792. The molecule has 0 unspecified atom stereocenters. The van der Waals surface area contributed by atoms with E-state index in [4.69, 9.17) is 0 Å². The Balaban J connectivity index is 0.000000162. The summed E-state index contributed by atoms with van der Waals surface area (Å²) in [7, 11) is 3.69. The Bertz CT molecular complexity index is 72.9. The molecular weight excluding hydrogens is 180 g/mol. The van der Waals surface area contributed by atoms with E-state index in [1.807, 2.05) is 33.3 Å². The molecule has 60 valence electrons. The van der Waals surface area contributed by atoms with E-state index in [1.54, 1.807) is 0 Å². The summed E-state index contributed by atoms with van der Waals surface area (Å²) in [5.74, 6) is 3.72. The number of rotatable bonds is 2. The minimum absolute atomic E-state index is 1.20. The topological polar surface area (TPSA) is 0 Å². The molecule has 10 heavy (non-hydrogen) atoms. The molecule has 0 atom stereocenters. The van der Waals surface area contributed by atoms with Crippen LogP contribution in [0, 0.1) is 0 Å². The molecule has 0 saturated heterocycles. The Hall–Kier alpha value is 0.790. The van der Waals surface area contributed by atoms with Crippen molar-refractivity contribution >= 4 is 33.3 Å². The van der Waals surface area contributed by atoms with Gasteiger partial charge >= 0.3 is 0 Å². The fourth-order valence-corrected chi connectivity index (χ4v) is 2.38. The van der Waals surface area contributed by atoms with E-state index in [0.29, 0.717) is 0 Å². The van der Waals surface area contributed by atoms with Crippen LogP contribution in [0.5, 0.6) is 0 Å². The van der Waals surface area contributed by atoms with Crippen molar-refractivity contribution in [1.29, 1.82) is 0 Å². The molecule has 0 fully saturated rings. The first-order valence-electron chi connectivity index (χ1n) is 3.42. The molecule has 1 heterocycles. The monoisotopic (exact) mass is 194 g/mol. The summed E-state index contributed by atoms with van der Waals surface area (Å²) < 4.78 is 0. The van der Waals surface area contributed by atoms with Gasteiger partial charge in [0, 0.05) is 5.75 Å². The van der Waals surface area contributed by atoms with Crippen LogP contribution in [0.2, 0.25) is 0 Å². The van der Waals surface area contributed by atoms with Gasteiger partial charge in [0.1, 0.15) is 0 Å². The smallest absolute Gasteiger partial charge is 0.0229 e. The normalized spacial score (nSPS) is 14.6. The maximum atomic E-state index is 2.17. The van der Waals surface area contributed by atoms with Gasteiger partial charge in [-0.2, -0.15) is 11.8 Å². The van der Waals surface area contributed by atoms with E-state index in [2.05, 4.69) is 25.3 Å². The highest BCUT2D eigenvalue weighted by Crippen LogP contribution is 2.27. The Labute approximate surface area is 76.0 Å². The second-order valence-corrected chi connectivity index (χ2v) is 5.42. The molecule has 1 aliphatic heterocycles. The summed E-state index contributed by atoms with van der Waals surface area (Å²) in [6, 6.07) is 0. The van der Waals surface area contributed by atoms with Gasteiger partial charge in [-0.3, -0.25) is 0 Å². The van der Waals surface area contributed by atoms with Gasteiger partial charge in [0.05, 0.1) is 0 Å². The van der Waals surface area contributed by atoms with Crippen LogP contribution in [0.1, 0.15) is 13.8 Å². The summed E-state index contributed by atoms with van der Waals surface area (Å²) in [5, 5.41) is 2.12. The third-order valence-corrected chi connectivity index (χ3v) is 3.53. The molecule has 3 heteroatoms. The summed E-state index contributed by atoms with van der Waals surface area (Å²) in [4.78, 5) is 0. The third kappa shape index (κ3) is 8.79. The summed E-state index contributed by atoms with van der Waals surface area (Å²) in [6.45, 7) is 4.35. The largest absolute Gasteiger partial charge is 0.163 e. The van der Waals surface area contributed by atoms with Gasteiger partial charge in [0.2, 0.25) is 0 Å². The maximum absolute atomic E-state index is 2.17. The van der Waals surface area contributed by atoms with Crippen LogP contribution in [0.4, 0.5) is 0 Å². The second-order valence-electron chi connectivity index (χ2n) is 1.53. The lowest BCUT2D eigenvalue weighted by Gasteiger charge is -1.80. The summed E-state index contributed by atoms with van der Waals surface area (Å²) in [5.41, 5.74) is 0. The average molecular weight is 194 g/mol. The Morgan fingerprint density at radius 1 is 1.40 bits per heavy atom. The first kappa shape index (κ1) is 10.8. The molecule has 0 saturated carbocycles. The van der Waals surface area contributed by atoms with Gasteiger partial charge in [0.15, 0.2) is 0 Å². The first-order valence-corrected chi connectivity index (χ1v) is 6.96. The lowest BCUT2D eigenvalue weighted by molar-refractivity contribution is 1.46. The molecule has 0 aromatic rings. The van der Waals surface area contributed by atoms with E-state index < -0.39 is 0 Å². The number of hydrogen-bond donors (Lipinski definition) is 0. The maximum Gasteiger partial charge on any atom is 0.0229 e. The predicted molar refractivity (Wildman–Crippen MR) is 57.9 cm³/mol. The van der Waals surface area contributed by atoms with Gasteiger partial charge in [-0.25, -0.2) is 0 Å². The fraction of sp³-hybridized carbons (Fsp3) is 0.714. The molecule has 0 aromatic heterocycles. The molecule has 0 radical (unpaired) electrons. The van der Waals surface area contributed by atoms with Crippen LogP contribution in [-0.2, 0) is 0 Å². The van der Waals surface area contributed by atoms with Crippen molar-refractivity contribution in [1.82, 2.24) is 0 Å². The van der Waals surface area contributed by atoms with E-state index in [1.165, 1.54) is 17.3 Å². The summed E-state index contributed by atoms with van der Waals surface area (Å²) in [6.07, 6.45) is 2.16. The van der Waals surface area contributed by atoms with Crippen LogP contribution in [0.3, 0.4) is 0 Å². The predicted octanol–water partition coefficient (Wildman–Crippen LogP) is 3.65. The quantitative estimate of drug-likeness (QED) is 0.616. The van der Waals surface area contributed by atoms with Crippen molar-refractivity contribution in [2.24, 2.45) is 0 Å². The van der Waals surface area contributed by atoms with E-state index in [0.717, 1.165) is 0 Å².